The molecule has 2 aromatic rings. The zero-order valence-corrected chi connectivity index (χ0v) is 14.4. The lowest BCUT2D eigenvalue weighted by Crippen LogP contribution is -2.36. The van der Waals surface area contributed by atoms with Gasteiger partial charge in [0.15, 0.2) is 0 Å². The Morgan fingerprint density at radius 3 is 2.68 bits per heavy atom. The number of hydrogen-bond donors (Lipinski definition) is 1. The molecule has 1 aromatic carbocycles. The van der Waals surface area contributed by atoms with Gasteiger partial charge in [-0.25, -0.2) is 0 Å². The number of pyridine rings is 1. The maximum atomic E-state index is 12.5. The molecule has 0 aliphatic carbocycles. The van der Waals surface area contributed by atoms with Gasteiger partial charge >= 0.3 is 5.97 Å². The van der Waals surface area contributed by atoms with E-state index in [1.54, 1.807) is 24.4 Å². The number of carboxylic acids is 1. The van der Waals surface area contributed by atoms with Crippen molar-refractivity contribution in [1.82, 2.24) is 9.88 Å². The van der Waals surface area contributed by atoms with E-state index in [1.807, 2.05) is 32.0 Å². The molecule has 0 aliphatic rings. The molecule has 0 spiro atoms. The molecule has 2 rings (SSSR count). The van der Waals surface area contributed by atoms with Crippen LogP contribution in [0.3, 0.4) is 0 Å². The monoisotopic (exact) mass is 342 g/mol. The van der Waals surface area contributed by atoms with Gasteiger partial charge in [0.2, 0.25) is 0 Å². The molecule has 25 heavy (non-hydrogen) atoms. The van der Waals surface area contributed by atoms with Crippen molar-refractivity contribution >= 4 is 11.9 Å². The summed E-state index contributed by atoms with van der Waals surface area (Å²) in [5, 5.41) is 8.97. The first-order valence-corrected chi connectivity index (χ1v) is 8.15. The van der Waals surface area contributed by atoms with Gasteiger partial charge in [-0.05, 0) is 43.2 Å². The molecule has 0 fully saturated rings. The first-order valence-electron chi connectivity index (χ1n) is 8.15. The quantitative estimate of drug-likeness (QED) is 0.798. The molecule has 0 saturated heterocycles. The summed E-state index contributed by atoms with van der Waals surface area (Å²) in [6.45, 7) is 4.21. The van der Waals surface area contributed by atoms with Crippen molar-refractivity contribution in [2.75, 3.05) is 13.1 Å². The van der Waals surface area contributed by atoms with E-state index in [2.05, 4.69) is 4.98 Å². The SMILES string of the molecule is CCCN(CC(=O)O)C(=O)c1cccc(COc2ccc(C)nc2)c1. The molecule has 0 unspecified atom stereocenters. The van der Waals surface area contributed by atoms with Crippen molar-refractivity contribution in [3.05, 3.63) is 59.4 Å². The van der Waals surface area contributed by atoms with E-state index < -0.39 is 5.97 Å². The van der Waals surface area contributed by atoms with Crippen LogP contribution < -0.4 is 4.74 Å². The fourth-order valence-corrected chi connectivity index (χ4v) is 2.37. The summed E-state index contributed by atoms with van der Waals surface area (Å²) in [5.74, 6) is -0.655. The number of benzene rings is 1. The Hall–Kier alpha value is -2.89. The molecule has 1 amide bonds. The number of ether oxygens (including phenoxy) is 1. The molecule has 0 saturated carbocycles. The van der Waals surface area contributed by atoms with E-state index in [0.717, 1.165) is 11.3 Å². The summed E-state index contributed by atoms with van der Waals surface area (Å²) >= 11 is 0. The lowest BCUT2D eigenvalue weighted by atomic mass is 10.1. The van der Waals surface area contributed by atoms with Crippen LogP contribution in [0, 0.1) is 6.92 Å². The van der Waals surface area contributed by atoms with Gasteiger partial charge in [0.1, 0.15) is 18.9 Å². The number of amides is 1. The van der Waals surface area contributed by atoms with Crippen molar-refractivity contribution < 1.29 is 19.4 Å². The Labute approximate surface area is 147 Å². The van der Waals surface area contributed by atoms with Crippen molar-refractivity contribution in [2.24, 2.45) is 0 Å². The minimum absolute atomic E-state index is 0.289. The van der Waals surface area contributed by atoms with Gasteiger partial charge in [0.05, 0.1) is 6.20 Å². The highest BCUT2D eigenvalue weighted by Gasteiger charge is 2.18. The van der Waals surface area contributed by atoms with Crippen molar-refractivity contribution in [2.45, 2.75) is 26.9 Å². The van der Waals surface area contributed by atoms with Crippen molar-refractivity contribution in [3.8, 4) is 5.75 Å². The van der Waals surface area contributed by atoms with E-state index in [4.69, 9.17) is 9.84 Å². The minimum atomic E-state index is -1.02. The van der Waals surface area contributed by atoms with Crippen LogP contribution >= 0.6 is 0 Å². The molecule has 6 heteroatoms. The topological polar surface area (TPSA) is 79.7 Å². The predicted octanol–water partition coefficient (Wildman–Crippen LogP) is 2.91. The molecule has 6 nitrogen and oxygen atoms in total. The molecular formula is C19H22N2O4. The average molecular weight is 342 g/mol. The van der Waals surface area contributed by atoms with Crippen LogP contribution in [-0.2, 0) is 11.4 Å². The number of nitrogens with zero attached hydrogens (tertiary/aromatic N) is 2. The van der Waals surface area contributed by atoms with E-state index in [0.29, 0.717) is 30.9 Å². The Morgan fingerprint density at radius 1 is 1.24 bits per heavy atom. The molecular weight excluding hydrogens is 320 g/mol. The number of hydrogen-bond acceptors (Lipinski definition) is 4. The zero-order valence-electron chi connectivity index (χ0n) is 14.4. The highest BCUT2D eigenvalue weighted by atomic mass is 16.5. The van der Waals surface area contributed by atoms with Gasteiger partial charge < -0.3 is 14.7 Å². The third-order valence-electron chi connectivity index (χ3n) is 3.57. The third kappa shape index (κ3) is 5.60. The first kappa shape index (κ1) is 18.4. The molecule has 0 atom stereocenters. The molecule has 0 radical (unpaired) electrons. The van der Waals surface area contributed by atoms with E-state index >= 15 is 0 Å². The van der Waals surface area contributed by atoms with Crippen molar-refractivity contribution in [3.63, 3.8) is 0 Å². The second-order valence-electron chi connectivity index (χ2n) is 5.74. The third-order valence-corrected chi connectivity index (χ3v) is 3.57. The Balaban J connectivity index is 2.07. The summed E-state index contributed by atoms with van der Waals surface area (Å²) in [7, 11) is 0. The van der Waals surface area contributed by atoms with Gasteiger partial charge in [0, 0.05) is 17.8 Å². The Morgan fingerprint density at radius 2 is 2.04 bits per heavy atom. The van der Waals surface area contributed by atoms with E-state index in [-0.39, 0.29) is 12.5 Å². The average Bonchev–Trinajstić information content (AvgIpc) is 2.60. The highest BCUT2D eigenvalue weighted by Crippen LogP contribution is 2.14. The number of aromatic nitrogens is 1. The van der Waals surface area contributed by atoms with Gasteiger partial charge in [-0.1, -0.05) is 19.1 Å². The standard InChI is InChI=1S/C19H22N2O4/c1-3-9-21(12-18(22)23)19(24)16-6-4-5-15(10-16)13-25-17-8-7-14(2)20-11-17/h4-8,10-11H,3,9,12-13H2,1-2H3,(H,22,23). The second-order valence-corrected chi connectivity index (χ2v) is 5.74. The van der Waals surface area contributed by atoms with E-state index in [1.165, 1.54) is 4.90 Å². The van der Waals surface area contributed by atoms with Crippen LogP contribution in [0.1, 0.15) is 35.0 Å². The van der Waals surface area contributed by atoms with Gasteiger partial charge in [-0.3, -0.25) is 14.6 Å². The van der Waals surface area contributed by atoms with Crippen LogP contribution in [0.2, 0.25) is 0 Å². The second kappa shape index (κ2) is 8.82. The molecule has 1 N–H and O–H groups in total. The molecule has 0 aliphatic heterocycles. The summed E-state index contributed by atoms with van der Waals surface area (Å²) in [6.07, 6.45) is 2.35. The maximum Gasteiger partial charge on any atom is 0.323 e. The summed E-state index contributed by atoms with van der Waals surface area (Å²) in [5.41, 5.74) is 2.20. The number of aliphatic carboxylic acids is 1. The largest absolute Gasteiger partial charge is 0.487 e. The Bertz CT molecular complexity index is 728. The number of rotatable bonds is 8. The first-order chi connectivity index (χ1) is 12.0. The number of carbonyl (C=O) groups excluding carboxylic acids is 1. The molecule has 1 heterocycles. The summed E-state index contributed by atoms with van der Waals surface area (Å²) in [6, 6.07) is 10.7. The van der Waals surface area contributed by atoms with Crippen LogP contribution in [0.25, 0.3) is 0 Å². The number of aryl methyl sites for hydroxylation is 1. The fourth-order valence-electron chi connectivity index (χ4n) is 2.37. The zero-order chi connectivity index (χ0) is 18.2. The number of carbonyl (C=O) groups is 2. The van der Waals surface area contributed by atoms with Crippen molar-refractivity contribution in [1.29, 1.82) is 0 Å². The van der Waals surface area contributed by atoms with Gasteiger partial charge in [-0.2, -0.15) is 0 Å². The van der Waals surface area contributed by atoms with Crippen LogP contribution in [0.4, 0.5) is 0 Å². The minimum Gasteiger partial charge on any atom is -0.487 e. The van der Waals surface area contributed by atoms with E-state index in [9.17, 15) is 9.59 Å². The summed E-state index contributed by atoms with van der Waals surface area (Å²) < 4.78 is 5.67. The molecule has 1 aromatic heterocycles. The highest BCUT2D eigenvalue weighted by molar-refractivity contribution is 5.96. The lowest BCUT2D eigenvalue weighted by molar-refractivity contribution is -0.137. The predicted molar refractivity (Wildman–Crippen MR) is 93.6 cm³/mol. The lowest BCUT2D eigenvalue weighted by Gasteiger charge is -2.20. The van der Waals surface area contributed by atoms with Gasteiger partial charge in [0.25, 0.3) is 5.91 Å². The molecule has 0 bridgehead atoms. The smallest absolute Gasteiger partial charge is 0.323 e. The maximum absolute atomic E-state index is 12.5. The molecule has 132 valence electrons. The Kier molecular flexibility index (Phi) is 6.51. The number of carboxylic acid groups (broad SMARTS) is 1. The summed E-state index contributed by atoms with van der Waals surface area (Å²) in [4.78, 5) is 29.0. The van der Waals surface area contributed by atoms with Crippen LogP contribution in [0.15, 0.2) is 42.6 Å². The fraction of sp³-hybridized carbons (Fsp3) is 0.316. The van der Waals surface area contributed by atoms with Gasteiger partial charge in [-0.15, -0.1) is 0 Å². The normalized spacial score (nSPS) is 10.3. The van der Waals surface area contributed by atoms with Crippen LogP contribution in [0.5, 0.6) is 5.75 Å². The van der Waals surface area contributed by atoms with Crippen LogP contribution in [-0.4, -0.2) is 40.0 Å².